The molecule has 144 valence electrons. The summed E-state index contributed by atoms with van der Waals surface area (Å²) in [6, 6.07) is 30.8. The van der Waals surface area contributed by atoms with E-state index in [-0.39, 0.29) is 0 Å². The Kier molecular flexibility index (Phi) is 3.97. The third-order valence-electron chi connectivity index (χ3n) is 5.26. The molecule has 0 unspecified atom stereocenters. The standard InChI is InChI=1S/C25H17N2O2P/c1-3-9-19-17(7-1)12-14-21-24(19)25-20-10-4-2-8-18(20)13-15-22(25)29-30(28-21)27-23-11-5-6-16-26-23/h1-16H,(H,26,27). The molecule has 0 aliphatic carbocycles. The second-order valence-corrected chi connectivity index (χ2v) is 8.19. The van der Waals surface area contributed by atoms with E-state index in [0.29, 0.717) is 0 Å². The highest BCUT2D eigenvalue weighted by Crippen LogP contribution is 2.40. The highest BCUT2D eigenvalue weighted by molar-refractivity contribution is 7.39. The SMILES string of the molecule is c1ccc(Np2oc3ccc4ccccc4c3c3c(ccc4ccccc43)o2)nc1. The largest absolute Gasteiger partial charge is 0.404 e. The maximum atomic E-state index is 6.39. The van der Waals surface area contributed by atoms with Gasteiger partial charge >= 0.3 is 8.16 Å². The Morgan fingerprint density at radius 2 is 1.17 bits per heavy atom. The first-order valence-electron chi connectivity index (χ1n) is 9.74. The minimum absolute atomic E-state index is 0.718. The van der Waals surface area contributed by atoms with Crippen molar-refractivity contribution in [3.63, 3.8) is 0 Å². The van der Waals surface area contributed by atoms with E-state index in [1.54, 1.807) is 6.20 Å². The predicted molar refractivity (Wildman–Crippen MR) is 125 cm³/mol. The topological polar surface area (TPSA) is 51.2 Å². The van der Waals surface area contributed by atoms with E-state index < -0.39 is 8.16 Å². The second kappa shape index (κ2) is 6.94. The van der Waals surface area contributed by atoms with Gasteiger partial charge in [-0.25, -0.2) is 4.98 Å². The van der Waals surface area contributed by atoms with Gasteiger partial charge in [0.2, 0.25) is 0 Å². The Balaban J connectivity index is 1.81. The van der Waals surface area contributed by atoms with Gasteiger partial charge in [0, 0.05) is 17.0 Å². The molecular weight excluding hydrogens is 391 g/mol. The fourth-order valence-electron chi connectivity index (χ4n) is 3.94. The lowest BCUT2D eigenvalue weighted by Gasteiger charge is -2.05. The molecule has 0 atom stereocenters. The van der Waals surface area contributed by atoms with Gasteiger partial charge in [0.1, 0.15) is 17.0 Å². The molecule has 1 N–H and O–H groups in total. The highest BCUT2D eigenvalue weighted by atomic mass is 31.1. The number of aromatic nitrogens is 1. The van der Waals surface area contributed by atoms with E-state index in [1.165, 1.54) is 10.8 Å². The molecule has 4 aromatic carbocycles. The number of nitrogens with zero attached hydrogens (tertiary/aromatic N) is 1. The quantitative estimate of drug-likeness (QED) is 0.317. The van der Waals surface area contributed by atoms with Crippen LogP contribution in [0.4, 0.5) is 5.82 Å². The summed E-state index contributed by atoms with van der Waals surface area (Å²) in [7, 11) is -1.47. The number of anilines is 1. The van der Waals surface area contributed by atoms with Gasteiger partial charge in [-0.3, -0.25) is 5.09 Å². The minimum Gasteiger partial charge on any atom is -0.404 e. The normalized spacial score (nSPS) is 11.3. The molecule has 0 radical (unpaired) electrons. The third-order valence-corrected chi connectivity index (χ3v) is 6.40. The van der Waals surface area contributed by atoms with Crippen molar-refractivity contribution in [2.75, 3.05) is 5.09 Å². The molecule has 0 saturated heterocycles. The van der Waals surface area contributed by atoms with Gasteiger partial charge in [0.25, 0.3) is 0 Å². The summed E-state index contributed by atoms with van der Waals surface area (Å²) in [5.41, 5.74) is 1.61. The molecular formula is C25H17N2O2P. The zero-order valence-electron chi connectivity index (χ0n) is 15.9. The first-order valence-corrected chi connectivity index (χ1v) is 10.9. The van der Waals surface area contributed by atoms with E-state index in [4.69, 9.17) is 8.39 Å². The van der Waals surface area contributed by atoms with Crippen LogP contribution in [0.15, 0.2) is 106 Å². The number of pyridine rings is 1. The Labute approximate surface area is 173 Å². The van der Waals surface area contributed by atoms with Gasteiger partial charge in [0.05, 0.1) is 0 Å². The number of fused-ring (bicyclic) bond motifs is 7. The van der Waals surface area contributed by atoms with Crippen LogP contribution in [0.25, 0.3) is 43.5 Å². The van der Waals surface area contributed by atoms with Gasteiger partial charge < -0.3 is 8.39 Å². The molecule has 0 amide bonds. The maximum Gasteiger partial charge on any atom is 0.340 e. The number of hydrogen-bond acceptors (Lipinski definition) is 4. The number of benzene rings is 4. The van der Waals surface area contributed by atoms with Gasteiger partial charge in [-0.1, -0.05) is 66.7 Å². The van der Waals surface area contributed by atoms with Gasteiger partial charge in [-0.15, -0.1) is 0 Å². The Morgan fingerprint density at radius 3 is 1.73 bits per heavy atom. The van der Waals surface area contributed by atoms with E-state index in [9.17, 15) is 0 Å². The summed E-state index contributed by atoms with van der Waals surface area (Å²) in [4.78, 5) is 4.36. The van der Waals surface area contributed by atoms with Crippen molar-refractivity contribution >= 4 is 57.5 Å². The summed E-state index contributed by atoms with van der Waals surface area (Å²) >= 11 is 0. The summed E-state index contributed by atoms with van der Waals surface area (Å²) in [5, 5.41) is 10.1. The van der Waals surface area contributed by atoms with Crippen molar-refractivity contribution in [3.05, 3.63) is 97.2 Å². The summed E-state index contributed by atoms with van der Waals surface area (Å²) < 4.78 is 12.8. The summed E-state index contributed by atoms with van der Waals surface area (Å²) in [6.45, 7) is 0. The summed E-state index contributed by atoms with van der Waals surface area (Å²) in [5.74, 6) is 0.718. The van der Waals surface area contributed by atoms with Gasteiger partial charge in [-0.05, 0) is 45.8 Å². The van der Waals surface area contributed by atoms with Crippen LogP contribution in [0.2, 0.25) is 0 Å². The Morgan fingerprint density at radius 1 is 0.600 bits per heavy atom. The van der Waals surface area contributed by atoms with E-state index in [2.05, 4.69) is 70.7 Å². The molecule has 6 aromatic rings. The average molecular weight is 408 g/mol. The molecule has 0 fully saturated rings. The zero-order valence-corrected chi connectivity index (χ0v) is 16.8. The average Bonchev–Trinajstić information content (AvgIpc) is 2.96. The van der Waals surface area contributed by atoms with E-state index in [0.717, 1.165) is 38.5 Å². The lowest BCUT2D eigenvalue weighted by Crippen LogP contribution is -1.86. The van der Waals surface area contributed by atoms with Crippen LogP contribution in [0.3, 0.4) is 0 Å². The van der Waals surface area contributed by atoms with Crippen LogP contribution in [0, 0.1) is 0 Å². The molecule has 0 spiro atoms. The van der Waals surface area contributed by atoms with Crippen molar-refractivity contribution in [1.29, 1.82) is 0 Å². The first kappa shape index (κ1) is 17.1. The Bertz CT molecular complexity index is 1480. The molecule has 0 bridgehead atoms. The summed E-state index contributed by atoms with van der Waals surface area (Å²) in [6.07, 6.45) is 1.75. The number of rotatable bonds is 2. The molecule has 2 aromatic heterocycles. The number of hydrogen-bond donors (Lipinski definition) is 1. The Hall–Kier alpha value is -3.75. The van der Waals surface area contributed by atoms with Crippen molar-refractivity contribution < 1.29 is 8.39 Å². The van der Waals surface area contributed by atoms with Crippen molar-refractivity contribution in [3.8, 4) is 0 Å². The van der Waals surface area contributed by atoms with Crippen molar-refractivity contribution in [2.24, 2.45) is 0 Å². The second-order valence-electron chi connectivity index (χ2n) is 7.09. The zero-order chi connectivity index (χ0) is 19.9. The lowest BCUT2D eigenvalue weighted by molar-refractivity contribution is 0.646. The molecule has 0 saturated carbocycles. The van der Waals surface area contributed by atoms with Gasteiger partial charge in [-0.2, -0.15) is 0 Å². The molecule has 6 rings (SSSR count). The predicted octanol–water partition coefficient (Wildman–Crippen LogP) is 7.87. The van der Waals surface area contributed by atoms with E-state index in [1.807, 2.05) is 30.3 Å². The third kappa shape index (κ3) is 2.81. The molecule has 5 heteroatoms. The van der Waals surface area contributed by atoms with Crippen LogP contribution >= 0.6 is 8.16 Å². The van der Waals surface area contributed by atoms with Crippen molar-refractivity contribution in [1.82, 2.24) is 4.98 Å². The first-order chi connectivity index (χ1) is 14.9. The van der Waals surface area contributed by atoms with Crippen LogP contribution in [-0.4, -0.2) is 4.98 Å². The highest BCUT2D eigenvalue weighted by Gasteiger charge is 2.13. The number of nitrogens with one attached hydrogen (secondary N) is 1. The van der Waals surface area contributed by atoms with Crippen LogP contribution < -0.4 is 5.09 Å². The van der Waals surface area contributed by atoms with Crippen LogP contribution in [0.5, 0.6) is 0 Å². The van der Waals surface area contributed by atoms with Crippen molar-refractivity contribution in [2.45, 2.75) is 0 Å². The fraction of sp³-hybridized carbons (Fsp3) is 0. The lowest BCUT2D eigenvalue weighted by atomic mass is 9.99. The minimum atomic E-state index is -1.47. The molecule has 0 aliphatic rings. The monoisotopic (exact) mass is 408 g/mol. The molecule has 0 aliphatic heterocycles. The maximum absolute atomic E-state index is 6.39. The molecule has 2 heterocycles. The fourth-order valence-corrected chi connectivity index (χ4v) is 5.05. The van der Waals surface area contributed by atoms with Crippen LogP contribution in [-0.2, 0) is 0 Å². The van der Waals surface area contributed by atoms with Gasteiger partial charge in [0.15, 0.2) is 0 Å². The molecule has 4 nitrogen and oxygen atoms in total. The molecule has 30 heavy (non-hydrogen) atoms. The smallest absolute Gasteiger partial charge is 0.340 e. The van der Waals surface area contributed by atoms with Crippen LogP contribution in [0.1, 0.15) is 0 Å². The van der Waals surface area contributed by atoms with E-state index >= 15 is 0 Å².